The highest BCUT2D eigenvalue weighted by Gasteiger charge is 2.42. The zero-order valence-electron chi connectivity index (χ0n) is 11.7. The molecule has 1 aliphatic heterocycles. The van der Waals surface area contributed by atoms with E-state index in [0.29, 0.717) is 12.0 Å². The van der Waals surface area contributed by atoms with E-state index in [1.807, 2.05) is 12.3 Å². The Bertz CT molecular complexity index is 620. The van der Waals surface area contributed by atoms with Crippen molar-refractivity contribution in [2.75, 3.05) is 13.1 Å². The van der Waals surface area contributed by atoms with Crippen LogP contribution in [0.2, 0.25) is 0 Å². The van der Waals surface area contributed by atoms with Crippen LogP contribution >= 0.6 is 0 Å². The molecule has 20 heavy (non-hydrogen) atoms. The summed E-state index contributed by atoms with van der Waals surface area (Å²) in [5, 5.41) is 1.24. The quantitative estimate of drug-likeness (QED) is 0.929. The van der Waals surface area contributed by atoms with Crippen LogP contribution in [0, 0.1) is 5.92 Å². The van der Waals surface area contributed by atoms with Crippen LogP contribution in [0.25, 0.3) is 10.9 Å². The van der Waals surface area contributed by atoms with E-state index in [1.54, 1.807) is 0 Å². The van der Waals surface area contributed by atoms with Gasteiger partial charge in [0.05, 0.1) is 5.52 Å². The minimum absolute atomic E-state index is 0.511. The molecular formula is C17H21N3. The molecule has 0 spiro atoms. The third kappa shape index (κ3) is 2.02. The largest absolute Gasteiger partial charge is 0.330 e. The van der Waals surface area contributed by atoms with E-state index in [1.165, 1.54) is 36.8 Å². The van der Waals surface area contributed by atoms with E-state index in [-0.39, 0.29) is 0 Å². The maximum Gasteiger partial charge on any atom is 0.0702 e. The molecular weight excluding hydrogens is 246 g/mol. The van der Waals surface area contributed by atoms with Crippen molar-refractivity contribution in [2.45, 2.75) is 31.3 Å². The third-order valence-electron chi connectivity index (χ3n) is 4.85. The number of rotatable bonds is 3. The second kappa shape index (κ2) is 4.83. The number of aromatic nitrogens is 1. The summed E-state index contributed by atoms with van der Waals surface area (Å²) in [7, 11) is 0. The summed E-state index contributed by atoms with van der Waals surface area (Å²) in [5.41, 5.74) is 8.52. The lowest BCUT2D eigenvalue weighted by Gasteiger charge is -2.28. The molecule has 0 bridgehead atoms. The number of benzene rings is 1. The second-order valence-electron chi connectivity index (χ2n) is 6.15. The van der Waals surface area contributed by atoms with Gasteiger partial charge in [-0.15, -0.1) is 0 Å². The minimum Gasteiger partial charge on any atom is -0.330 e. The standard InChI is InChI=1S/C17H21N3/c18-11-14-7-9-20(15-4-5-15)17(14)13-3-6-16-12(10-13)2-1-8-19-16/h1-3,6,8,10,14-15,17H,4-5,7,9,11,18H2. The summed E-state index contributed by atoms with van der Waals surface area (Å²) >= 11 is 0. The van der Waals surface area contributed by atoms with Crippen molar-refractivity contribution in [2.24, 2.45) is 11.7 Å². The molecule has 2 aliphatic rings. The first-order chi connectivity index (χ1) is 9.86. The lowest BCUT2D eigenvalue weighted by molar-refractivity contribution is 0.220. The van der Waals surface area contributed by atoms with Crippen molar-refractivity contribution >= 4 is 10.9 Å². The Hall–Kier alpha value is -1.45. The number of pyridine rings is 1. The Balaban J connectivity index is 1.74. The molecule has 1 aromatic carbocycles. The predicted octanol–water partition coefficient (Wildman–Crippen LogP) is 2.72. The van der Waals surface area contributed by atoms with Crippen molar-refractivity contribution in [3.63, 3.8) is 0 Å². The van der Waals surface area contributed by atoms with Crippen molar-refractivity contribution in [3.8, 4) is 0 Å². The number of nitrogens with two attached hydrogens (primary N) is 1. The summed E-state index contributed by atoms with van der Waals surface area (Å²) in [6.07, 6.45) is 5.82. The molecule has 1 aromatic heterocycles. The topological polar surface area (TPSA) is 42.1 Å². The summed E-state index contributed by atoms with van der Waals surface area (Å²) < 4.78 is 0. The van der Waals surface area contributed by atoms with Crippen molar-refractivity contribution in [3.05, 3.63) is 42.1 Å². The fourth-order valence-corrected chi connectivity index (χ4v) is 3.69. The molecule has 0 amide bonds. The van der Waals surface area contributed by atoms with Crippen LogP contribution in [0.4, 0.5) is 0 Å². The van der Waals surface area contributed by atoms with Gasteiger partial charge in [0.15, 0.2) is 0 Å². The molecule has 2 aromatic rings. The Labute approximate surface area is 119 Å². The molecule has 3 heteroatoms. The molecule has 1 saturated heterocycles. The molecule has 2 fully saturated rings. The number of hydrogen-bond donors (Lipinski definition) is 1. The van der Waals surface area contributed by atoms with Crippen LogP contribution < -0.4 is 5.73 Å². The average Bonchev–Trinajstić information content (AvgIpc) is 3.25. The summed E-state index contributed by atoms with van der Waals surface area (Å²) in [6.45, 7) is 2.00. The van der Waals surface area contributed by atoms with E-state index in [0.717, 1.165) is 18.1 Å². The number of nitrogens with zero attached hydrogens (tertiary/aromatic N) is 2. The van der Waals surface area contributed by atoms with Crippen LogP contribution in [0.1, 0.15) is 30.9 Å². The lowest BCUT2D eigenvalue weighted by atomic mass is 9.93. The fraction of sp³-hybridized carbons (Fsp3) is 0.471. The zero-order valence-corrected chi connectivity index (χ0v) is 11.7. The maximum atomic E-state index is 6.02. The second-order valence-corrected chi connectivity index (χ2v) is 6.15. The molecule has 104 valence electrons. The van der Waals surface area contributed by atoms with Crippen LogP contribution in [-0.4, -0.2) is 29.0 Å². The minimum atomic E-state index is 0.511. The molecule has 4 rings (SSSR count). The SMILES string of the molecule is NCC1CCN(C2CC2)C1c1ccc2ncccc2c1. The summed E-state index contributed by atoms with van der Waals surface area (Å²) in [5.74, 6) is 0.602. The van der Waals surface area contributed by atoms with Crippen LogP contribution in [-0.2, 0) is 0 Å². The Morgan fingerprint density at radius 2 is 2.10 bits per heavy atom. The van der Waals surface area contributed by atoms with E-state index in [2.05, 4.69) is 34.1 Å². The molecule has 0 radical (unpaired) electrons. The van der Waals surface area contributed by atoms with Crippen molar-refractivity contribution in [1.29, 1.82) is 0 Å². The highest BCUT2D eigenvalue weighted by atomic mass is 15.2. The Morgan fingerprint density at radius 1 is 1.20 bits per heavy atom. The van der Waals surface area contributed by atoms with Crippen molar-refractivity contribution in [1.82, 2.24) is 9.88 Å². The molecule has 2 N–H and O–H groups in total. The third-order valence-corrected chi connectivity index (χ3v) is 4.85. The molecule has 2 heterocycles. The van der Waals surface area contributed by atoms with Crippen LogP contribution in [0.3, 0.4) is 0 Å². The van der Waals surface area contributed by atoms with Gasteiger partial charge < -0.3 is 5.73 Å². The molecule has 2 unspecified atom stereocenters. The van der Waals surface area contributed by atoms with E-state index in [9.17, 15) is 0 Å². The van der Waals surface area contributed by atoms with Gasteiger partial charge in [0.1, 0.15) is 0 Å². The number of hydrogen-bond acceptors (Lipinski definition) is 3. The van der Waals surface area contributed by atoms with Gasteiger partial charge in [0.25, 0.3) is 0 Å². The molecule has 3 nitrogen and oxygen atoms in total. The van der Waals surface area contributed by atoms with Gasteiger partial charge in [-0.25, -0.2) is 0 Å². The van der Waals surface area contributed by atoms with Gasteiger partial charge in [-0.3, -0.25) is 9.88 Å². The molecule has 1 saturated carbocycles. The number of likely N-dealkylation sites (tertiary alicyclic amines) is 1. The van der Waals surface area contributed by atoms with Gasteiger partial charge in [0.2, 0.25) is 0 Å². The smallest absolute Gasteiger partial charge is 0.0702 e. The van der Waals surface area contributed by atoms with E-state index in [4.69, 9.17) is 5.73 Å². The monoisotopic (exact) mass is 267 g/mol. The summed E-state index contributed by atoms with van der Waals surface area (Å²) in [6, 6.07) is 12.2. The molecule has 1 aliphatic carbocycles. The first-order valence-corrected chi connectivity index (χ1v) is 7.67. The van der Waals surface area contributed by atoms with E-state index < -0.39 is 0 Å². The van der Waals surface area contributed by atoms with Gasteiger partial charge in [-0.05, 0) is 62.0 Å². The van der Waals surface area contributed by atoms with Gasteiger partial charge in [-0.1, -0.05) is 12.1 Å². The van der Waals surface area contributed by atoms with Crippen molar-refractivity contribution < 1.29 is 0 Å². The van der Waals surface area contributed by atoms with E-state index >= 15 is 0 Å². The van der Waals surface area contributed by atoms with Gasteiger partial charge in [-0.2, -0.15) is 0 Å². The van der Waals surface area contributed by atoms with Crippen LogP contribution in [0.5, 0.6) is 0 Å². The highest BCUT2D eigenvalue weighted by Crippen LogP contribution is 2.44. The maximum absolute atomic E-state index is 6.02. The first kappa shape index (κ1) is 12.3. The Kier molecular flexibility index (Phi) is 2.97. The zero-order chi connectivity index (χ0) is 13.5. The summed E-state index contributed by atoms with van der Waals surface area (Å²) in [4.78, 5) is 7.11. The highest BCUT2D eigenvalue weighted by molar-refractivity contribution is 5.79. The van der Waals surface area contributed by atoms with Crippen LogP contribution in [0.15, 0.2) is 36.5 Å². The Morgan fingerprint density at radius 3 is 2.90 bits per heavy atom. The normalized spacial score (nSPS) is 27.2. The fourth-order valence-electron chi connectivity index (χ4n) is 3.69. The average molecular weight is 267 g/mol. The number of fused-ring (bicyclic) bond motifs is 1. The first-order valence-electron chi connectivity index (χ1n) is 7.67. The molecule has 2 atom stereocenters. The van der Waals surface area contributed by atoms with Gasteiger partial charge in [0, 0.05) is 23.7 Å². The lowest BCUT2D eigenvalue weighted by Crippen LogP contribution is -2.29. The predicted molar refractivity (Wildman–Crippen MR) is 81.4 cm³/mol. The van der Waals surface area contributed by atoms with Gasteiger partial charge >= 0.3 is 0 Å².